The first-order valence-corrected chi connectivity index (χ1v) is 12.3. The molecule has 1 aliphatic rings. The maximum atomic E-state index is 13.4. The van der Waals surface area contributed by atoms with E-state index in [4.69, 9.17) is 4.98 Å². The van der Waals surface area contributed by atoms with Gasteiger partial charge < -0.3 is 14.8 Å². The minimum atomic E-state index is -0.193. The fourth-order valence-electron chi connectivity index (χ4n) is 5.03. The van der Waals surface area contributed by atoms with E-state index in [9.17, 15) is 4.79 Å². The van der Waals surface area contributed by atoms with Gasteiger partial charge in [0.25, 0.3) is 0 Å². The predicted molar refractivity (Wildman–Crippen MR) is 140 cm³/mol. The van der Waals surface area contributed by atoms with Crippen LogP contribution in [0.1, 0.15) is 29.0 Å². The Bertz CT molecular complexity index is 1560. The lowest BCUT2D eigenvalue weighted by Gasteiger charge is -2.33. The van der Waals surface area contributed by atoms with Gasteiger partial charge in [-0.25, -0.2) is 9.97 Å². The molecule has 8 heteroatoms. The summed E-state index contributed by atoms with van der Waals surface area (Å²) in [6, 6.07) is 16.2. The van der Waals surface area contributed by atoms with Crippen LogP contribution in [0.5, 0.6) is 0 Å². The molecular formula is C28H28N7O+. The van der Waals surface area contributed by atoms with E-state index >= 15 is 0 Å². The van der Waals surface area contributed by atoms with E-state index in [-0.39, 0.29) is 11.6 Å². The van der Waals surface area contributed by atoms with E-state index in [0.29, 0.717) is 22.9 Å². The highest BCUT2D eigenvalue weighted by Crippen LogP contribution is 2.27. The second-order valence-electron chi connectivity index (χ2n) is 9.63. The summed E-state index contributed by atoms with van der Waals surface area (Å²) in [6.45, 7) is 1.96. The normalized spacial score (nSPS) is 14.7. The van der Waals surface area contributed by atoms with Crippen molar-refractivity contribution >= 4 is 33.5 Å². The quantitative estimate of drug-likeness (QED) is 0.378. The van der Waals surface area contributed by atoms with Gasteiger partial charge in [0, 0.05) is 61.0 Å². The van der Waals surface area contributed by atoms with Gasteiger partial charge in [-0.3, -0.25) is 14.8 Å². The van der Waals surface area contributed by atoms with Crippen molar-refractivity contribution in [2.75, 3.05) is 32.1 Å². The molecule has 36 heavy (non-hydrogen) atoms. The van der Waals surface area contributed by atoms with Gasteiger partial charge in [0.1, 0.15) is 5.82 Å². The Hall–Kier alpha value is -4.17. The highest BCUT2D eigenvalue weighted by molar-refractivity contribution is 6.08. The number of rotatable bonds is 5. The van der Waals surface area contributed by atoms with Crippen molar-refractivity contribution in [2.24, 2.45) is 0 Å². The van der Waals surface area contributed by atoms with Crippen LogP contribution >= 0.6 is 0 Å². The molecular weight excluding hydrogens is 450 g/mol. The number of fused-ring (bicyclic) bond motifs is 2. The van der Waals surface area contributed by atoms with Crippen molar-refractivity contribution in [3.05, 3.63) is 78.5 Å². The van der Waals surface area contributed by atoms with Gasteiger partial charge in [-0.05, 0) is 29.7 Å². The number of nitrogens with zero attached hydrogens (tertiary/aromatic N) is 5. The lowest BCUT2D eigenvalue weighted by atomic mass is 10.0. The third-order valence-corrected chi connectivity index (χ3v) is 7.15. The molecule has 4 aromatic heterocycles. The largest absolute Gasteiger partial charge is 0.356 e. The van der Waals surface area contributed by atoms with E-state index in [0.717, 1.165) is 53.6 Å². The standard InChI is InChI=1S/C28H27N7O/c1-34(2)20-10-13-35(14-11-20)25-8-7-23-27(32-25)33-28(31-23)26(36)18-9-12-30-24(15-18)22-17-29-16-19-5-3-4-6-21(19)22/h3-9,12,15-17,20H,10-11,13-14H2,1-2H3,(H,31,32,33)/p+1. The topological polar surface area (TPSA) is 92.1 Å². The molecule has 6 rings (SSSR count). The van der Waals surface area contributed by atoms with Gasteiger partial charge in [-0.2, -0.15) is 0 Å². The number of aromatic nitrogens is 5. The summed E-state index contributed by atoms with van der Waals surface area (Å²) in [5.41, 5.74) is 3.41. The van der Waals surface area contributed by atoms with Crippen LogP contribution in [-0.2, 0) is 0 Å². The van der Waals surface area contributed by atoms with E-state index in [2.05, 4.69) is 38.9 Å². The van der Waals surface area contributed by atoms with Crippen LogP contribution in [0.25, 0.3) is 33.2 Å². The number of pyridine rings is 3. The fourth-order valence-corrected chi connectivity index (χ4v) is 5.03. The van der Waals surface area contributed by atoms with E-state index in [1.54, 1.807) is 24.5 Å². The van der Waals surface area contributed by atoms with Crippen LogP contribution in [0.4, 0.5) is 5.82 Å². The molecule has 1 fully saturated rings. The Kier molecular flexibility index (Phi) is 5.65. The van der Waals surface area contributed by atoms with Crippen molar-refractivity contribution in [2.45, 2.75) is 18.9 Å². The SMILES string of the molecule is C[NH+](C)C1CCN(c2ccc3[nH]c(C(=O)c4ccnc(-c5cncc6ccccc56)c4)nc3n2)CC1. The lowest BCUT2D eigenvalue weighted by molar-refractivity contribution is -0.886. The summed E-state index contributed by atoms with van der Waals surface area (Å²) in [6.07, 6.45) is 7.55. The Morgan fingerprint density at radius 1 is 1.03 bits per heavy atom. The Labute approximate surface area is 209 Å². The predicted octanol–water partition coefficient (Wildman–Crippen LogP) is 2.91. The summed E-state index contributed by atoms with van der Waals surface area (Å²) in [4.78, 5) is 38.5. The summed E-state index contributed by atoms with van der Waals surface area (Å²) < 4.78 is 0. The summed E-state index contributed by atoms with van der Waals surface area (Å²) in [5, 5.41) is 2.07. The highest BCUT2D eigenvalue weighted by Gasteiger charge is 2.24. The zero-order valence-electron chi connectivity index (χ0n) is 20.4. The van der Waals surface area contributed by atoms with E-state index < -0.39 is 0 Å². The maximum Gasteiger partial charge on any atom is 0.228 e. The molecule has 0 aliphatic carbocycles. The second kappa shape index (κ2) is 9.13. The zero-order valence-corrected chi connectivity index (χ0v) is 20.4. The molecule has 1 saturated heterocycles. The van der Waals surface area contributed by atoms with E-state index in [1.807, 2.05) is 42.6 Å². The van der Waals surface area contributed by atoms with Gasteiger partial charge in [0.2, 0.25) is 5.78 Å². The molecule has 0 amide bonds. The number of hydrogen-bond acceptors (Lipinski definition) is 6. The van der Waals surface area contributed by atoms with Gasteiger partial charge in [-0.15, -0.1) is 0 Å². The molecule has 0 atom stereocenters. The summed E-state index contributed by atoms with van der Waals surface area (Å²) in [5.74, 6) is 0.994. The van der Waals surface area contributed by atoms with Crippen molar-refractivity contribution in [3.63, 3.8) is 0 Å². The average Bonchev–Trinajstić information content (AvgIpc) is 3.36. The number of hydrogen-bond donors (Lipinski definition) is 2. The Morgan fingerprint density at radius 3 is 2.69 bits per heavy atom. The second-order valence-corrected chi connectivity index (χ2v) is 9.63. The first kappa shape index (κ1) is 22.3. The molecule has 2 N–H and O–H groups in total. The number of benzene rings is 1. The molecule has 8 nitrogen and oxygen atoms in total. The molecule has 0 spiro atoms. The van der Waals surface area contributed by atoms with Gasteiger partial charge >= 0.3 is 0 Å². The minimum Gasteiger partial charge on any atom is -0.356 e. The lowest BCUT2D eigenvalue weighted by Crippen LogP contribution is -3.10. The van der Waals surface area contributed by atoms with Crippen LogP contribution in [0.3, 0.4) is 0 Å². The smallest absolute Gasteiger partial charge is 0.228 e. The number of anilines is 1. The number of carbonyl (C=O) groups excluding carboxylic acids is 1. The number of imidazole rings is 1. The minimum absolute atomic E-state index is 0.193. The van der Waals surface area contributed by atoms with Crippen molar-refractivity contribution in [3.8, 4) is 11.3 Å². The number of quaternary nitrogens is 1. The molecule has 5 aromatic rings. The van der Waals surface area contributed by atoms with Crippen LogP contribution < -0.4 is 9.80 Å². The molecule has 180 valence electrons. The zero-order chi connectivity index (χ0) is 24.6. The molecule has 0 unspecified atom stereocenters. The summed E-state index contributed by atoms with van der Waals surface area (Å²) in [7, 11) is 4.44. The number of nitrogens with one attached hydrogen (secondary N) is 2. The van der Waals surface area contributed by atoms with Crippen molar-refractivity contribution in [1.29, 1.82) is 0 Å². The van der Waals surface area contributed by atoms with Crippen molar-refractivity contribution < 1.29 is 9.69 Å². The van der Waals surface area contributed by atoms with Crippen LogP contribution in [0, 0.1) is 0 Å². The number of aromatic amines is 1. The fraction of sp³-hybridized carbons (Fsp3) is 0.250. The number of H-pyrrole nitrogens is 1. The van der Waals surface area contributed by atoms with Gasteiger partial charge in [-0.1, -0.05) is 24.3 Å². The molecule has 1 aliphatic heterocycles. The number of carbonyl (C=O) groups is 1. The first-order valence-electron chi connectivity index (χ1n) is 12.3. The van der Waals surface area contributed by atoms with Gasteiger partial charge in [0.05, 0.1) is 31.3 Å². The van der Waals surface area contributed by atoms with E-state index in [1.165, 1.54) is 4.90 Å². The molecule has 0 radical (unpaired) electrons. The molecule has 5 heterocycles. The monoisotopic (exact) mass is 478 g/mol. The van der Waals surface area contributed by atoms with Crippen molar-refractivity contribution in [1.82, 2.24) is 24.9 Å². The molecule has 0 bridgehead atoms. The maximum absolute atomic E-state index is 13.4. The Morgan fingerprint density at radius 2 is 1.86 bits per heavy atom. The molecule has 1 aromatic carbocycles. The number of piperidine rings is 1. The van der Waals surface area contributed by atoms with Crippen LogP contribution in [-0.4, -0.2) is 63.9 Å². The third-order valence-electron chi connectivity index (χ3n) is 7.15. The van der Waals surface area contributed by atoms with Gasteiger partial charge in [0.15, 0.2) is 11.5 Å². The van der Waals surface area contributed by atoms with Crippen LogP contribution in [0.2, 0.25) is 0 Å². The average molecular weight is 479 g/mol. The Balaban J connectivity index is 1.27. The first-order chi connectivity index (χ1) is 17.6. The number of ketones is 1. The van der Waals surface area contributed by atoms with Crippen LogP contribution in [0.15, 0.2) is 67.1 Å². The summed E-state index contributed by atoms with van der Waals surface area (Å²) >= 11 is 0. The highest BCUT2D eigenvalue weighted by atomic mass is 16.1. The third kappa shape index (κ3) is 4.09. The molecule has 0 saturated carbocycles.